The number of pyridine rings is 1. The summed E-state index contributed by atoms with van der Waals surface area (Å²) in [6.45, 7) is 7.12. The average molecular weight is 263 g/mol. The van der Waals surface area contributed by atoms with Gasteiger partial charge in [0.2, 0.25) is 0 Å². The minimum absolute atomic E-state index is 0.391. The zero-order valence-corrected chi connectivity index (χ0v) is 12.1. The Kier molecular flexibility index (Phi) is 5.76. The second kappa shape index (κ2) is 7.58. The first-order valence-electron chi connectivity index (χ1n) is 7.21. The predicted molar refractivity (Wildman–Crippen MR) is 76.9 cm³/mol. The summed E-state index contributed by atoms with van der Waals surface area (Å²) in [4.78, 5) is 6.99. The summed E-state index contributed by atoms with van der Waals surface area (Å²) < 4.78 is 5.45. The Labute approximate surface area is 116 Å². The molecular formula is C15H25N3O. The molecule has 0 radical (unpaired) electrons. The van der Waals surface area contributed by atoms with E-state index in [2.05, 4.69) is 34.3 Å². The smallest absolute Gasteiger partial charge is 0.0698 e. The quantitative estimate of drug-likeness (QED) is 0.849. The SMILES string of the molecule is CCNCc1ccc(CN2CCCC(OC)C2)nc1. The Hall–Kier alpha value is -0.970. The second-order valence-corrected chi connectivity index (χ2v) is 5.17. The highest BCUT2D eigenvalue weighted by atomic mass is 16.5. The van der Waals surface area contributed by atoms with E-state index < -0.39 is 0 Å². The van der Waals surface area contributed by atoms with Gasteiger partial charge in [-0.1, -0.05) is 13.0 Å². The number of ether oxygens (including phenoxy) is 1. The third kappa shape index (κ3) is 4.56. The molecule has 0 bridgehead atoms. The normalized spacial score (nSPS) is 20.6. The fourth-order valence-electron chi connectivity index (χ4n) is 2.50. The van der Waals surface area contributed by atoms with Crippen LogP contribution < -0.4 is 5.32 Å². The summed E-state index contributed by atoms with van der Waals surface area (Å²) in [5, 5.41) is 3.31. The van der Waals surface area contributed by atoms with Crippen molar-refractivity contribution in [2.45, 2.75) is 39.0 Å². The number of nitrogens with one attached hydrogen (secondary N) is 1. The molecule has 1 aliphatic rings. The molecular weight excluding hydrogens is 238 g/mol. The van der Waals surface area contributed by atoms with E-state index in [9.17, 15) is 0 Å². The maximum absolute atomic E-state index is 5.45. The van der Waals surface area contributed by atoms with Crippen LogP contribution in [0, 0.1) is 0 Å². The lowest BCUT2D eigenvalue weighted by Gasteiger charge is -2.31. The second-order valence-electron chi connectivity index (χ2n) is 5.17. The number of hydrogen-bond donors (Lipinski definition) is 1. The molecule has 1 unspecified atom stereocenters. The molecule has 0 aromatic carbocycles. The van der Waals surface area contributed by atoms with Crippen molar-refractivity contribution < 1.29 is 4.74 Å². The Balaban J connectivity index is 1.85. The number of nitrogens with zero attached hydrogens (tertiary/aromatic N) is 2. The van der Waals surface area contributed by atoms with Crippen LogP contribution in [0.25, 0.3) is 0 Å². The maximum Gasteiger partial charge on any atom is 0.0698 e. The minimum Gasteiger partial charge on any atom is -0.380 e. The van der Waals surface area contributed by atoms with Crippen molar-refractivity contribution >= 4 is 0 Å². The van der Waals surface area contributed by atoms with Gasteiger partial charge in [0.25, 0.3) is 0 Å². The monoisotopic (exact) mass is 263 g/mol. The van der Waals surface area contributed by atoms with E-state index in [1.807, 2.05) is 13.3 Å². The van der Waals surface area contributed by atoms with Crippen molar-refractivity contribution in [1.29, 1.82) is 0 Å². The van der Waals surface area contributed by atoms with Gasteiger partial charge in [-0.15, -0.1) is 0 Å². The first kappa shape index (κ1) is 14.4. The van der Waals surface area contributed by atoms with E-state index >= 15 is 0 Å². The molecule has 1 saturated heterocycles. The predicted octanol–water partition coefficient (Wildman–Crippen LogP) is 1.80. The molecule has 1 N–H and O–H groups in total. The average Bonchev–Trinajstić information content (AvgIpc) is 2.47. The van der Waals surface area contributed by atoms with Gasteiger partial charge >= 0.3 is 0 Å². The van der Waals surface area contributed by atoms with Gasteiger partial charge in [-0.3, -0.25) is 9.88 Å². The van der Waals surface area contributed by atoms with Crippen molar-refractivity contribution in [3.63, 3.8) is 0 Å². The fourth-order valence-corrected chi connectivity index (χ4v) is 2.50. The first-order chi connectivity index (χ1) is 9.31. The van der Waals surface area contributed by atoms with Crippen LogP contribution in [0.15, 0.2) is 18.3 Å². The highest BCUT2D eigenvalue weighted by molar-refractivity contribution is 5.14. The van der Waals surface area contributed by atoms with E-state index in [-0.39, 0.29) is 0 Å². The lowest BCUT2D eigenvalue weighted by atomic mass is 10.1. The molecule has 0 saturated carbocycles. The van der Waals surface area contributed by atoms with E-state index in [0.717, 1.165) is 38.4 Å². The highest BCUT2D eigenvalue weighted by Gasteiger charge is 2.19. The van der Waals surface area contributed by atoms with Crippen LogP contribution in [-0.2, 0) is 17.8 Å². The van der Waals surface area contributed by atoms with E-state index in [1.165, 1.54) is 18.4 Å². The molecule has 0 amide bonds. The zero-order valence-electron chi connectivity index (χ0n) is 12.1. The van der Waals surface area contributed by atoms with Crippen LogP contribution >= 0.6 is 0 Å². The summed E-state index contributed by atoms with van der Waals surface area (Å²) in [7, 11) is 1.81. The lowest BCUT2D eigenvalue weighted by Crippen LogP contribution is -2.38. The largest absolute Gasteiger partial charge is 0.380 e. The van der Waals surface area contributed by atoms with E-state index in [0.29, 0.717) is 6.10 Å². The summed E-state index contributed by atoms with van der Waals surface area (Å²) in [5.41, 5.74) is 2.40. The van der Waals surface area contributed by atoms with Crippen LogP contribution in [-0.4, -0.2) is 42.7 Å². The van der Waals surface area contributed by atoms with Gasteiger partial charge in [0.05, 0.1) is 11.8 Å². The van der Waals surface area contributed by atoms with E-state index in [1.54, 1.807) is 0 Å². The van der Waals surface area contributed by atoms with Gasteiger partial charge in [0, 0.05) is 32.9 Å². The number of aromatic nitrogens is 1. The van der Waals surface area contributed by atoms with E-state index in [4.69, 9.17) is 4.74 Å². The molecule has 1 aromatic rings. The lowest BCUT2D eigenvalue weighted by molar-refractivity contribution is 0.0281. The summed E-state index contributed by atoms with van der Waals surface area (Å²) >= 11 is 0. The summed E-state index contributed by atoms with van der Waals surface area (Å²) in [6, 6.07) is 4.31. The van der Waals surface area contributed by atoms with Crippen LogP contribution in [0.5, 0.6) is 0 Å². The molecule has 0 aliphatic carbocycles. The molecule has 1 atom stereocenters. The number of likely N-dealkylation sites (tertiary alicyclic amines) is 1. The van der Waals surface area contributed by atoms with Gasteiger partial charge in [0.1, 0.15) is 0 Å². The fraction of sp³-hybridized carbons (Fsp3) is 0.667. The number of hydrogen-bond acceptors (Lipinski definition) is 4. The van der Waals surface area contributed by atoms with Gasteiger partial charge < -0.3 is 10.1 Å². The highest BCUT2D eigenvalue weighted by Crippen LogP contribution is 2.14. The molecule has 1 fully saturated rings. The van der Waals surface area contributed by atoms with Crippen LogP contribution in [0.3, 0.4) is 0 Å². The van der Waals surface area contributed by atoms with Crippen molar-refractivity contribution in [1.82, 2.24) is 15.2 Å². The van der Waals surface area contributed by atoms with Gasteiger partial charge in [-0.2, -0.15) is 0 Å². The number of methoxy groups -OCH3 is 1. The molecule has 2 heterocycles. The summed E-state index contributed by atoms with van der Waals surface area (Å²) in [5.74, 6) is 0. The van der Waals surface area contributed by atoms with Crippen molar-refractivity contribution in [3.8, 4) is 0 Å². The number of piperidine rings is 1. The third-order valence-corrected chi connectivity index (χ3v) is 3.65. The van der Waals surface area contributed by atoms with Gasteiger partial charge in [0.15, 0.2) is 0 Å². The van der Waals surface area contributed by atoms with Gasteiger partial charge in [-0.05, 0) is 37.6 Å². The van der Waals surface area contributed by atoms with Crippen LogP contribution in [0.2, 0.25) is 0 Å². The number of rotatable bonds is 6. The Morgan fingerprint density at radius 1 is 1.47 bits per heavy atom. The molecule has 1 aliphatic heterocycles. The molecule has 4 heteroatoms. The van der Waals surface area contributed by atoms with Crippen molar-refractivity contribution in [3.05, 3.63) is 29.6 Å². The topological polar surface area (TPSA) is 37.4 Å². The Bertz CT molecular complexity index is 366. The molecule has 4 nitrogen and oxygen atoms in total. The first-order valence-corrected chi connectivity index (χ1v) is 7.21. The third-order valence-electron chi connectivity index (χ3n) is 3.65. The molecule has 2 rings (SSSR count). The summed E-state index contributed by atoms with van der Waals surface area (Å²) in [6.07, 6.45) is 4.77. The van der Waals surface area contributed by atoms with Crippen molar-refractivity contribution in [2.24, 2.45) is 0 Å². The van der Waals surface area contributed by atoms with Crippen LogP contribution in [0.4, 0.5) is 0 Å². The van der Waals surface area contributed by atoms with Crippen molar-refractivity contribution in [2.75, 3.05) is 26.7 Å². The zero-order chi connectivity index (χ0) is 13.5. The van der Waals surface area contributed by atoms with Crippen LogP contribution in [0.1, 0.15) is 31.0 Å². The van der Waals surface area contributed by atoms with Gasteiger partial charge in [-0.25, -0.2) is 0 Å². The molecule has 0 spiro atoms. The Morgan fingerprint density at radius 2 is 2.37 bits per heavy atom. The molecule has 1 aromatic heterocycles. The standard InChI is InChI=1S/C15H25N3O/c1-3-16-9-13-6-7-14(17-10-13)11-18-8-4-5-15(12-18)19-2/h6-7,10,15-16H,3-5,8-9,11-12H2,1-2H3. The maximum atomic E-state index is 5.45. The minimum atomic E-state index is 0.391. The Morgan fingerprint density at radius 3 is 3.05 bits per heavy atom. The molecule has 106 valence electrons. The molecule has 19 heavy (non-hydrogen) atoms.